The first-order valence-electron chi connectivity index (χ1n) is 7.86. The Hall–Kier alpha value is -0.650. The van der Waals surface area contributed by atoms with Gasteiger partial charge in [0.2, 0.25) is 0 Å². The molecule has 4 bridgehead atoms. The number of rotatable bonds is 2. The van der Waals surface area contributed by atoms with Crippen LogP contribution < -0.4 is 5.32 Å². The Labute approximate surface area is 138 Å². The van der Waals surface area contributed by atoms with Gasteiger partial charge in [-0.2, -0.15) is 0 Å². The second-order valence-electron chi connectivity index (χ2n) is 7.05. The third-order valence-electron chi connectivity index (χ3n) is 5.70. The van der Waals surface area contributed by atoms with Crippen LogP contribution in [0.25, 0.3) is 0 Å². The number of carbonyl (C=O) groups excluding carboxylic acids is 1. The summed E-state index contributed by atoms with van der Waals surface area (Å²) in [7, 11) is 0. The number of benzene rings is 1. The topological polar surface area (TPSA) is 29.1 Å². The third kappa shape index (κ3) is 2.49. The van der Waals surface area contributed by atoms with Crippen molar-refractivity contribution < 1.29 is 9.18 Å². The van der Waals surface area contributed by atoms with E-state index in [2.05, 4.69) is 5.32 Å². The van der Waals surface area contributed by atoms with E-state index >= 15 is 0 Å². The summed E-state index contributed by atoms with van der Waals surface area (Å²) in [5, 5.41) is 3.27. The van der Waals surface area contributed by atoms with Crippen molar-refractivity contribution in [2.24, 2.45) is 23.7 Å². The van der Waals surface area contributed by atoms with E-state index < -0.39 is 0 Å². The fraction of sp³-hybridized carbons (Fsp3) is 0.588. The molecule has 0 aliphatic heterocycles. The molecule has 1 N–H and O–H groups in total. The largest absolute Gasteiger partial charge is 0.349 e. The molecule has 1 amide bonds. The van der Waals surface area contributed by atoms with Gasteiger partial charge in [-0.25, -0.2) is 4.39 Å². The lowest BCUT2D eigenvalue weighted by Gasteiger charge is -2.54. The van der Waals surface area contributed by atoms with Crippen molar-refractivity contribution in [2.75, 3.05) is 0 Å². The summed E-state index contributed by atoms with van der Waals surface area (Å²) in [6, 6.07) is 4.73. The summed E-state index contributed by atoms with van der Waals surface area (Å²) in [6.07, 6.45) is 6.58. The number of nitrogens with one attached hydrogen (secondary N) is 1. The van der Waals surface area contributed by atoms with Gasteiger partial charge in [-0.15, -0.1) is 0 Å². The molecule has 21 heavy (non-hydrogen) atoms. The van der Waals surface area contributed by atoms with Crippen LogP contribution >= 0.6 is 22.6 Å². The van der Waals surface area contributed by atoms with Gasteiger partial charge in [0.25, 0.3) is 5.91 Å². The van der Waals surface area contributed by atoms with E-state index in [1.165, 1.54) is 44.2 Å². The predicted molar refractivity (Wildman–Crippen MR) is 87.4 cm³/mol. The summed E-state index contributed by atoms with van der Waals surface area (Å²) in [6.45, 7) is 0. The number of amides is 1. The van der Waals surface area contributed by atoms with Crippen LogP contribution in [0.15, 0.2) is 18.2 Å². The fourth-order valence-corrected chi connectivity index (χ4v) is 5.79. The van der Waals surface area contributed by atoms with Gasteiger partial charge >= 0.3 is 0 Å². The van der Waals surface area contributed by atoms with Gasteiger partial charge in [-0.1, -0.05) is 0 Å². The minimum atomic E-state index is -0.287. The minimum absolute atomic E-state index is 0.0307. The highest BCUT2D eigenvalue weighted by molar-refractivity contribution is 14.1. The molecule has 0 heterocycles. The zero-order valence-corrected chi connectivity index (χ0v) is 14.0. The van der Waals surface area contributed by atoms with E-state index in [0.29, 0.717) is 27.0 Å². The Morgan fingerprint density at radius 2 is 1.71 bits per heavy atom. The molecule has 2 nitrogen and oxygen atoms in total. The first-order valence-corrected chi connectivity index (χ1v) is 8.94. The quantitative estimate of drug-likeness (QED) is 0.749. The highest BCUT2D eigenvalue weighted by Gasteiger charge is 2.48. The summed E-state index contributed by atoms with van der Waals surface area (Å²) in [4.78, 5) is 12.5. The van der Waals surface area contributed by atoms with Gasteiger partial charge in [0.05, 0.1) is 5.56 Å². The predicted octanol–water partition coefficient (Wildman–Crippen LogP) is 3.98. The summed E-state index contributed by atoms with van der Waals surface area (Å²) < 4.78 is 13.9. The Balaban J connectivity index is 1.52. The van der Waals surface area contributed by atoms with E-state index in [9.17, 15) is 9.18 Å². The molecule has 1 aromatic carbocycles. The molecule has 0 unspecified atom stereocenters. The monoisotopic (exact) mass is 399 g/mol. The molecular weight excluding hydrogens is 380 g/mol. The number of hydrogen-bond donors (Lipinski definition) is 1. The first kappa shape index (κ1) is 14.0. The highest BCUT2D eigenvalue weighted by atomic mass is 127. The normalized spacial score (nSPS) is 36.8. The second-order valence-corrected chi connectivity index (χ2v) is 8.22. The average molecular weight is 399 g/mol. The third-order valence-corrected chi connectivity index (χ3v) is 6.59. The van der Waals surface area contributed by atoms with E-state index in [1.54, 1.807) is 6.07 Å². The fourth-order valence-electron chi connectivity index (χ4n) is 5.06. The Morgan fingerprint density at radius 3 is 2.29 bits per heavy atom. The van der Waals surface area contributed by atoms with Crippen molar-refractivity contribution >= 4 is 28.5 Å². The summed E-state index contributed by atoms with van der Waals surface area (Å²) in [5.74, 6) is 2.84. The van der Waals surface area contributed by atoms with Crippen molar-refractivity contribution in [3.63, 3.8) is 0 Å². The number of carbonyl (C=O) groups is 1. The maximum absolute atomic E-state index is 13.2. The zero-order chi connectivity index (χ0) is 14.6. The average Bonchev–Trinajstić information content (AvgIpc) is 2.41. The molecule has 0 radical (unpaired) electrons. The Kier molecular flexibility index (Phi) is 3.47. The van der Waals surface area contributed by atoms with Crippen molar-refractivity contribution in [2.45, 2.75) is 38.1 Å². The molecule has 4 aliphatic rings. The second kappa shape index (κ2) is 5.21. The lowest BCUT2D eigenvalue weighted by Crippen LogP contribution is -2.55. The molecule has 4 heteroatoms. The van der Waals surface area contributed by atoms with Crippen LogP contribution in [0.2, 0.25) is 0 Å². The Bertz CT molecular complexity index is 560. The summed E-state index contributed by atoms with van der Waals surface area (Å²) >= 11 is 2.04. The van der Waals surface area contributed by atoms with Crippen molar-refractivity contribution in [1.82, 2.24) is 5.32 Å². The van der Waals surface area contributed by atoms with Crippen LogP contribution in [-0.4, -0.2) is 11.9 Å². The Morgan fingerprint density at radius 1 is 1.10 bits per heavy atom. The van der Waals surface area contributed by atoms with Crippen molar-refractivity contribution in [3.8, 4) is 0 Å². The maximum Gasteiger partial charge on any atom is 0.252 e. The SMILES string of the molecule is O=C(NC1C2CC3CC(C2)CC1C3)c1ccc(F)cc1I. The van der Waals surface area contributed by atoms with Crippen molar-refractivity contribution in [3.05, 3.63) is 33.1 Å². The molecule has 1 aromatic rings. The maximum atomic E-state index is 13.2. The van der Waals surface area contributed by atoms with E-state index in [-0.39, 0.29) is 11.7 Å². The van der Waals surface area contributed by atoms with Crippen LogP contribution in [-0.2, 0) is 0 Å². The number of halogens is 2. The molecule has 4 aliphatic carbocycles. The zero-order valence-electron chi connectivity index (χ0n) is 11.8. The van der Waals surface area contributed by atoms with Crippen LogP contribution in [0.4, 0.5) is 4.39 Å². The molecule has 0 atom stereocenters. The molecule has 0 aromatic heterocycles. The number of hydrogen-bond acceptors (Lipinski definition) is 1. The van der Waals surface area contributed by atoms with E-state index in [0.717, 1.165) is 11.8 Å². The summed E-state index contributed by atoms with van der Waals surface area (Å²) in [5.41, 5.74) is 0.603. The molecule has 4 saturated carbocycles. The molecule has 5 rings (SSSR count). The highest BCUT2D eigenvalue weighted by Crippen LogP contribution is 2.53. The molecule has 0 spiro atoms. The molecule has 0 saturated heterocycles. The minimum Gasteiger partial charge on any atom is -0.349 e. The van der Waals surface area contributed by atoms with Gasteiger partial charge in [0, 0.05) is 9.61 Å². The van der Waals surface area contributed by atoms with Crippen LogP contribution in [0.1, 0.15) is 42.5 Å². The van der Waals surface area contributed by atoms with Gasteiger partial charge in [-0.3, -0.25) is 4.79 Å². The standard InChI is InChI=1S/C17H19FINO/c18-13-1-2-14(15(19)8-13)17(21)20-16-11-4-9-3-10(6-11)7-12(16)5-9/h1-2,8-12,16H,3-7H2,(H,20,21). The lowest BCUT2D eigenvalue weighted by molar-refractivity contribution is -0.0119. The van der Waals surface area contributed by atoms with Gasteiger partial charge in [-0.05, 0) is 96.6 Å². The van der Waals surface area contributed by atoms with E-state index in [4.69, 9.17) is 0 Å². The lowest BCUT2D eigenvalue weighted by atomic mass is 9.54. The smallest absolute Gasteiger partial charge is 0.252 e. The van der Waals surface area contributed by atoms with Crippen LogP contribution in [0.5, 0.6) is 0 Å². The molecule has 112 valence electrons. The van der Waals surface area contributed by atoms with E-state index in [1.807, 2.05) is 22.6 Å². The first-order chi connectivity index (χ1) is 10.1. The molecule has 4 fully saturated rings. The van der Waals surface area contributed by atoms with Gasteiger partial charge < -0.3 is 5.32 Å². The van der Waals surface area contributed by atoms with Crippen LogP contribution in [0.3, 0.4) is 0 Å². The van der Waals surface area contributed by atoms with Crippen molar-refractivity contribution in [1.29, 1.82) is 0 Å². The molecular formula is C17H19FINO. The van der Waals surface area contributed by atoms with Gasteiger partial charge in [0.1, 0.15) is 5.82 Å². The van der Waals surface area contributed by atoms with Crippen LogP contribution in [0, 0.1) is 33.1 Å². The van der Waals surface area contributed by atoms with Gasteiger partial charge in [0.15, 0.2) is 0 Å².